The normalized spacial score (nSPS) is 11.7. The SMILES string of the molecule is O=P([O-])([O-])CN(CCN(CP(=O)([O-])[O-])CP(=O)([O-])[O-])CP(=O)([O-])[O-].[K+].[K+].[K+].[K+].[K+].[K+]. The van der Waals surface area contributed by atoms with Crippen LogP contribution in [0.15, 0.2) is 0 Å². The second-order valence-corrected chi connectivity index (χ2v) is 10.8. The molecule has 0 fully saturated rings. The molecule has 24 heteroatoms. The van der Waals surface area contributed by atoms with Gasteiger partial charge in [-0.25, -0.2) is 0 Å². The summed E-state index contributed by atoms with van der Waals surface area (Å²) in [5.74, 6) is 0. The maximum absolute atomic E-state index is 10.7. The van der Waals surface area contributed by atoms with Gasteiger partial charge in [0.25, 0.3) is 0 Å². The first-order valence-electron chi connectivity index (χ1n) is 5.85. The monoisotopic (exact) mass is 662 g/mol. The van der Waals surface area contributed by atoms with Crippen molar-refractivity contribution in [1.82, 2.24) is 9.80 Å². The molecule has 0 N–H and O–H groups in total. The van der Waals surface area contributed by atoms with Gasteiger partial charge in [-0.3, -0.25) is 9.80 Å². The summed E-state index contributed by atoms with van der Waals surface area (Å²) >= 11 is 0. The molecule has 14 nitrogen and oxygen atoms in total. The van der Waals surface area contributed by atoms with E-state index < -0.39 is 68.6 Å². The Labute approximate surface area is 430 Å². The first kappa shape index (κ1) is 56.2. The summed E-state index contributed by atoms with van der Waals surface area (Å²) in [5, 5.41) is 0. The first-order valence-corrected chi connectivity index (χ1v) is 12.8. The third-order valence-corrected chi connectivity index (χ3v) is 5.21. The van der Waals surface area contributed by atoms with Crippen LogP contribution in [0.3, 0.4) is 0 Å². The summed E-state index contributed by atoms with van der Waals surface area (Å²) in [6.45, 7) is -1.55. The van der Waals surface area contributed by atoms with Crippen LogP contribution in [-0.2, 0) is 18.3 Å². The Morgan fingerprint density at radius 2 is 0.533 bits per heavy atom. The van der Waals surface area contributed by atoms with E-state index in [1.165, 1.54) is 0 Å². The summed E-state index contributed by atoms with van der Waals surface area (Å²) in [6.07, 6.45) is -5.63. The van der Waals surface area contributed by atoms with E-state index in [2.05, 4.69) is 0 Å². The summed E-state index contributed by atoms with van der Waals surface area (Å²) in [7, 11) is -21.2. The molecule has 146 valence electrons. The van der Waals surface area contributed by atoms with Crippen LogP contribution in [0.25, 0.3) is 0 Å². The third kappa shape index (κ3) is 42.8. The molecular weight excluding hydrogens is 651 g/mol. The Morgan fingerprint density at radius 3 is 0.633 bits per heavy atom. The van der Waals surface area contributed by atoms with E-state index in [0.717, 1.165) is 0 Å². The predicted octanol–water partition coefficient (Wildman–Crippen LogP) is -24.9. The van der Waals surface area contributed by atoms with Crippen LogP contribution < -0.4 is 347 Å². The van der Waals surface area contributed by atoms with E-state index in [-0.39, 0.29) is 308 Å². The molecule has 0 radical (unpaired) electrons. The average Bonchev–Trinajstić information content (AvgIpc) is 2.16. The number of hydrogen-bond donors (Lipinski definition) is 0. The Bertz CT molecular complexity index is 508. The summed E-state index contributed by atoms with van der Waals surface area (Å²) in [5.41, 5.74) is 0. The minimum absolute atomic E-state index is 0. The summed E-state index contributed by atoms with van der Waals surface area (Å²) in [6, 6.07) is 0. The molecule has 0 saturated carbocycles. The van der Waals surface area contributed by atoms with Crippen molar-refractivity contribution in [3.05, 3.63) is 0 Å². The molecule has 0 spiro atoms. The van der Waals surface area contributed by atoms with Crippen molar-refractivity contribution in [1.29, 1.82) is 0 Å². The van der Waals surface area contributed by atoms with Crippen molar-refractivity contribution >= 4 is 30.4 Å². The van der Waals surface area contributed by atoms with Gasteiger partial charge < -0.3 is 57.4 Å². The number of hydrogen-bond acceptors (Lipinski definition) is 14. The van der Waals surface area contributed by atoms with Crippen molar-refractivity contribution < 1.29 is 366 Å². The maximum atomic E-state index is 10.7. The molecule has 0 aromatic carbocycles. The molecule has 0 rings (SSSR count). The second kappa shape index (κ2) is 26.9. The second-order valence-electron chi connectivity index (χ2n) is 4.80. The van der Waals surface area contributed by atoms with E-state index in [0.29, 0.717) is 9.80 Å². The zero-order valence-electron chi connectivity index (χ0n) is 17.8. The van der Waals surface area contributed by atoms with E-state index in [1.54, 1.807) is 0 Å². The summed E-state index contributed by atoms with van der Waals surface area (Å²) in [4.78, 5) is 85.9. The quantitative estimate of drug-likeness (QED) is 0.147. The largest absolute Gasteiger partial charge is 1.00 e. The van der Waals surface area contributed by atoms with Gasteiger partial charge in [-0.1, -0.05) is 30.4 Å². The molecular formula is C6H12K6N2O12P4-2. The van der Waals surface area contributed by atoms with Crippen molar-refractivity contribution in [2.24, 2.45) is 0 Å². The molecule has 0 aliphatic carbocycles. The van der Waals surface area contributed by atoms with Gasteiger partial charge in [0.05, 0.1) is 0 Å². The van der Waals surface area contributed by atoms with Gasteiger partial charge in [0.1, 0.15) is 0 Å². The van der Waals surface area contributed by atoms with Gasteiger partial charge in [0.15, 0.2) is 0 Å². The molecule has 0 aromatic rings. The molecule has 0 amide bonds. The van der Waals surface area contributed by atoms with Crippen molar-refractivity contribution in [3.8, 4) is 0 Å². The fourth-order valence-electron chi connectivity index (χ4n) is 1.63. The predicted molar refractivity (Wildman–Crippen MR) is 63.3 cm³/mol. The molecule has 30 heavy (non-hydrogen) atoms. The molecule has 0 atom stereocenters. The minimum Gasteiger partial charge on any atom is -0.810 e. The summed E-state index contributed by atoms with van der Waals surface area (Å²) < 4.78 is 42.7. The van der Waals surface area contributed by atoms with Gasteiger partial charge in [0, 0.05) is 38.2 Å². The zero-order valence-corrected chi connectivity index (χ0v) is 40.1. The molecule has 0 saturated heterocycles. The average molecular weight is 663 g/mol. The van der Waals surface area contributed by atoms with Gasteiger partial charge >= 0.3 is 308 Å². The molecule has 0 heterocycles. The first-order chi connectivity index (χ1) is 10.4. The number of rotatable bonds is 11. The Balaban J connectivity index is -0.000000176. The van der Waals surface area contributed by atoms with E-state index >= 15 is 0 Å². The zero-order chi connectivity index (χ0) is 19.4. The third-order valence-electron chi connectivity index (χ3n) is 2.23. The van der Waals surface area contributed by atoms with E-state index in [1.807, 2.05) is 0 Å². The Hall–Kier alpha value is 10.3. The van der Waals surface area contributed by atoms with Crippen LogP contribution in [0.4, 0.5) is 0 Å². The van der Waals surface area contributed by atoms with Gasteiger partial charge in [-0.2, -0.15) is 0 Å². The van der Waals surface area contributed by atoms with Crippen molar-refractivity contribution in [3.63, 3.8) is 0 Å². The molecule has 0 aliphatic heterocycles. The van der Waals surface area contributed by atoms with E-state index in [4.69, 9.17) is 0 Å². The molecule has 0 unspecified atom stereocenters. The van der Waals surface area contributed by atoms with Crippen LogP contribution in [0.1, 0.15) is 0 Å². The van der Waals surface area contributed by atoms with Crippen LogP contribution in [0.2, 0.25) is 0 Å². The molecule has 0 aliphatic rings. The fourth-order valence-corrected chi connectivity index (χ4v) is 4.88. The van der Waals surface area contributed by atoms with Crippen LogP contribution in [0.5, 0.6) is 0 Å². The molecule has 0 aromatic heterocycles. The van der Waals surface area contributed by atoms with Crippen LogP contribution in [-0.4, -0.2) is 48.0 Å². The minimum atomic E-state index is -5.30. The maximum Gasteiger partial charge on any atom is 1.00 e. The van der Waals surface area contributed by atoms with E-state index in [9.17, 15) is 57.4 Å². The fraction of sp³-hybridized carbons (Fsp3) is 1.00. The van der Waals surface area contributed by atoms with Crippen molar-refractivity contribution in [2.75, 3.05) is 38.2 Å². The number of nitrogens with zero attached hydrogens (tertiary/aromatic N) is 2. The van der Waals surface area contributed by atoms with Crippen LogP contribution in [0, 0.1) is 0 Å². The standard InChI is InChI=1S/C6H20N2O12P4.6K/c9-21(10,11)3-7(4-22(12,13)14)1-2-8(5-23(15,16)17)6-24(18,19)20;;;;;;/h1-6H2,(H2,9,10,11)(H2,12,13,14)(H2,15,16,17)(H2,18,19,20);;;;;;/q;6*+1/p-8. The van der Waals surface area contributed by atoms with Gasteiger partial charge in [-0.15, -0.1) is 0 Å². The van der Waals surface area contributed by atoms with Crippen molar-refractivity contribution in [2.45, 2.75) is 0 Å². The Kier molecular flexibility index (Phi) is 50.4. The molecule has 0 bridgehead atoms. The smallest absolute Gasteiger partial charge is 0.810 e. The van der Waals surface area contributed by atoms with Gasteiger partial charge in [0.2, 0.25) is 0 Å². The van der Waals surface area contributed by atoms with Gasteiger partial charge in [-0.05, 0) is 0 Å². The topological polar surface area (TPSA) is 259 Å². The Morgan fingerprint density at radius 1 is 0.400 bits per heavy atom. The van der Waals surface area contributed by atoms with Crippen LogP contribution >= 0.6 is 30.4 Å².